The monoisotopic (exact) mass is 225 g/mol. The van der Waals surface area contributed by atoms with E-state index in [4.69, 9.17) is 5.73 Å². The number of fused-ring (bicyclic) bond motifs is 3. The molecule has 2 aromatic carbocycles. The molecule has 88 valence electrons. The van der Waals surface area contributed by atoms with Gasteiger partial charge in [0.2, 0.25) is 0 Å². The zero-order valence-electron chi connectivity index (χ0n) is 10.4. The van der Waals surface area contributed by atoms with Crippen LogP contribution < -0.4 is 5.73 Å². The first-order chi connectivity index (χ1) is 8.27. The summed E-state index contributed by atoms with van der Waals surface area (Å²) in [6.07, 6.45) is 4.84. The predicted octanol–water partition coefficient (Wildman–Crippen LogP) is 3.87. The van der Waals surface area contributed by atoms with Crippen molar-refractivity contribution in [2.45, 2.75) is 38.6 Å². The summed E-state index contributed by atoms with van der Waals surface area (Å²) in [5.41, 5.74) is 10.5. The molecular weight excluding hydrogens is 206 g/mol. The van der Waals surface area contributed by atoms with E-state index >= 15 is 0 Å². The molecular formula is C16H19N. The van der Waals surface area contributed by atoms with Crippen LogP contribution in [0.2, 0.25) is 0 Å². The minimum Gasteiger partial charge on any atom is -0.324 e. The molecule has 1 aliphatic rings. The molecule has 0 aliphatic heterocycles. The Morgan fingerprint density at radius 2 is 1.88 bits per heavy atom. The molecule has 0 unspecified atom stereocenters. The van der Waals surface area contributed by atoms with E-state index in [0.29, 0.717) is 0 Å². The van der Waals surface area contributed by atoms with Crippen LogP contribution in [0.25, 0.3) is 10.8 Å². The molecule has 1 aliphatic carbocycles. The quantitative estimate of drug-likeness (QED) is 0.677. The fraction of sp³-hybridized carbons (Fsp3) is 0.375. The van der Waals surface area contributed by atoms with Gasteiger partial charge in [0.1, 0.15) is 0 Å². The Hall–Kier alpha value is -1.34. The molecule has 2 N–H and O–H groups in total. The minimum absolute atomic E-state index is 0.232. The highest BCUT2D eigenvalue weighted by atomic mass is 14.6. The van der Waals surface area contributed by atoms with Crippen molar-refractivity contribution in [1.29, 1.82) is 0 Å². The molecule has 0 saturated carbocycles. The maximum absolute atomic E-state index is 6.31. The fourth-order valence-corrected chi connectivity index (χ4v) is 3.08. The summed E-state index contributed by atoms with van der Waals surface area (Å²) in [6.45, 7) is 2.19. The molecule has 2 aromatic rings. The van der Waals surface area contributed by atoms with E-state index in [0.717, 1.165) is 6.42 Å². The molecule has 0 radical (unpaired) electrons. The van der Waals surface area contributed by atoms with Gasteiger partial charge in [-0.3, -0.25) is 0 Å². The average molecular weight is 225 g/mol. The van der Waals surface area contributed by atoms with Crippen LogP contribution in [0.15, 0.2) is 30.3 Å². The van der Waals surface area contributed by atoms with E-state index in [1.165, 1.54) is 46.7 Å². The number of hydrogen-bond acceptors (Lipinski definition) is 1. The first-order valence-corrected chi connectivity index (χ1v) is 6.54. The first kappa shape index (κ1) is 10.8. The number of aryl methyl sites for hydroxylation is 2. The first-order valence-electron chi connectivity index (χ1n) is 6.54. The SMILES string of the molecule is Cc1cc2c(c3ccccc13)CCCC[C@@H]2N. The van der Waals surface area contributed by atoms with Crippen LogP contribution in [0.3, 0.4) is 0 Å². The van der Waals surface area contributed by atoms with Crippen molar-refractivity contribution in [3.05, 3.63) is 47.0 Å². The molecule has 0 aromatic heterocycles. The minimum atomic E-state index is 0.232. The van der Waals surface area contributed by atoms with Gasteiger partial charge in [-0.2, -0.15) is 0 Å². The Balaban J connectivity index is 2.34. The van der Waals surface area contributed by atoms with E-state index in [2.05, 4.69) is 37.3 Å². The van der Waals surface area contributed by atoms with E-state index in [9.17, 15) is 0 Å². The van der Waals surface area contributed by atoms with E-state index in [1.54, 1.807) is 0 Å². The van der Waals surface area contributed by atoms with Crippen molar-refractivity contribution >= 4 is 10.8 Å². The fourth-order valence-electron chi connectivity index (χ4n) is 3.08. The van der Waals surface area contributed by atoms with E-state index < -0.39 is 0 Å². The van der Waals surface area contributed by atoms with Gasteiger partial charge in [-0.1, -0.05) is 36.8 Å². The molecule has 0 spiro atoms. The van der Waals surface area contributed by atoms with Crippen molar-refractivity contribution < 1.29 is 0 Å². The highest BCUT2D eigenvalue weighted by molar-refractivity contribution is 5.89. The van der Waals surface area contributed by atoms with Crippen LogP contribution in [0.4, 0.5) is 0 Å². The van der Waals surface area contributed by atoms with Crippen LogP contribution in [-0.2, 0) is 6.42 Å². The number of rotatable bonds is 0. The maximum atomic E-state index is 6.31. The summed E-state index contributed by atoms with van der Waals surface area (Å²) >= 11 is 0. The Labute approximate surface area is 103 Å². The lowest BCUT2D eigenvalue weighted by Gasteiger charge is -2.17. The molecule has 0 saturated heterocycles. The van der Waals surface area contributed by atoms with Gasteiger partial charge in [0.15, 0.2) is 0 Å². The smallest absolute Gasteiger partial charge is 0.0297 e. The topological polar surface area (TPSA) is 26.0 Å². The van der Waals surface area contributed by atoms with E-state index in [1.807, 2.05) is 0 Å². The van der Waals surface area contributed by atoms with Crippen molar-refractivity contribution in [3.63, 3.8) is 0 Å². The van der Waals surface area contributed by atoms with Gasteiger partial charge in [0.25, 0.3) is 0 Å². The van der Waals surface area contributed by atoms with Crippen LogP contribution in [0, 0.1) is 6.92 Å². The average Bonchev–Trinajstić information content (AvgIpc) is 2.53. The second-order valence-corrected chi connectivity index (χ2v) is 5.16. The molecule has 0 amide bonds. The van der Waals surface area contributed by atoms with Crippen LogP contribution >= 0.6 is 0 Å². The van der Waals surface area contributed by atoms with Crippen molar-refractivity contribution in [2.24, 2.45) is 5.73 Å². The highest BCUT2D eigenvalue weighted by Crippen LogP contribution is 2.34. The number of nitrogens with two attached hydrogens (primary N) is 1. The zero-order valence-corrected chi connectivity index (χ0v) is 10.4. The lowest BCUT2D eigenvalue weighted by Crippen LogP contribution is -2.11. The summed E-state index contributed by atoms with van der Waals surface area (Å²) in [4.78, 5) is 0. The molecule has 1 nitrogen and oxygen atoms in total. The Bertz CT molecular complexity index is 557. The van der Waals surface area contributed by atoms with Crippen molar-refractivity contribution in [1.82, 2.24) is 0 Å². The molecule has 0 fully saturated rings. The second kappa shape index (κ2) is 4.15. The summed E-state index contributed by atoms with van der Waals surface area (Å²) in [5.74, 6) is 0. The molecule has 1 heteroatoms. The molecule has 0 bridgehead atoms. The van der Waals surface area contributed by atoms with Crippen LogP contribution in [0.5, 0.6) is 0 Å². The summed E-state index contributed by atoms with van der Waals surface area (Å²) in [7, 11) is 0. The Kier molecular flexibility index (Phi) is 2.64. The number of hydrogen-bond donors (Lipinski definition) is 1. The van der Waals surface area contributed by atoms with Gasteiger partial charge >= 0.3 is 0 Å². The van der Waals surface area contributed by atoms with Gasteiger partial charge in [0.05, 0.1) is 0 Å². The predicted molar refractivity (Wildman–Crippen MR) is 73.2 cm³/mol. The van der Waals surface area contributed by atoms with Crippen LogP contribution in [-0.4, -0.2) is 0 Å². The molecule has 0 heterocycles. The summed E-state index contributed by atoms with van der Waals surface area (Å²) < 4.78 is 0. The van der Waals surface area contributed by atoms with Crippen molar-refractivity contribution in [2.75, 3.05) is 0 Å². The lowest BCUT2D eigenvalue weighted by atomic mass is 9.91. The third-order valence-electron chi connectivity index (χ3n) is 3.99. The highest BCUT2D eigenvalue weighted by Gasteiger charge is 2.18. The summed E-state index contributed by atoms with van der Waals surface area (Å²) in [6, 6.07) is 11.3. The Morgan fingerprint density at radius 3 is 2.71 bits per heavy atom. The lowest BCUT2D eigenvalue weighted by molar-refractivity contribution is 0.615. The van der Waals surface area contributed by atoms with E-state index in [-0.39, 0.29) is 6.04 Å². The van der Waals surface area contributed by atoms with Gasteiger partial charge in [-0.25, -0.2) is 0 Å². The summed E-state index contributed by atoms with van der Waals surface area (Å²) in [5, 5.41) is 2.81. The number of benzene rings is 2. The van der Waals surface area contributed by atoms with Gasteiger partial charge < -0.3 is 5.73 Å². The maximum Gasteiger partial charge on any atom is 0.0297 e. The standard InChI is InChI=1S/C16H19N/c1-11-10-15-14(8-4-5-9-16(15)17)13-7-3-2-6-12(11)13/h2-3,6-7,10,16H,4-5,8-9,17H2,1H3/t16-/m0/s1. The van der Waals surface area contributed by atoms with Gasteiger partial charge in [-0.05, 0) is 53.6 Å². The van der Waals surface area contributed by atoms with Gasteiger partial charge in [-0.15, -0.1) is 0 Å². The molecule has 3 rings (SSSR count). The Morgan fingerprint density at radius 1 is 1.12 bits per heavy atom. The second-order valence-electron chi connectivity index (χ2n) is 5.16. The van der Waals surface area contributed by atoms with Crippen molar-refractivity contribution in [3.8, 4) is 0 Å². The van der Waals surface area contributed by atoms with Gasteiger partial charge in [0, 0.05) is 6.04 Å². The largest absolute Gasteiger partial charge is 0.324 e. The third-order valence-corrected chi connectivity index (χ3v) is 3.99. The molecule has 17 heavy (non-hydrogen) atoms. The normalized spacial score (nSPS) is 20.0. The third kappa shape index (κ3) is 1.75. The zero-order chi connectivity index (χ0) is 11.8. The molecule has 1 atom stereocenters. The van der Waals surface area contributed by atoms with Crippen LogP contribution in [0.1, 0.15) is 42.0 Å².